The lowest BCUT2D eigenvalue weighted by Gasteiger charge is -2.19. The van der Waals surface area contributed by atoms with Gasteiger partial charge in [0.2, 0.25) is 0 Å². The van der Waals surface area contributed by atoms with Crippen LogP contribution in [0.4, 0.5) is 0 Å². The van der Waals surface area contributed by atoms with Gasteiger partial charge in [-0.2, -0.15) is 5.10 Å². The van der Waals surface area contributed by atoms with Crippen LogP contribution in [-0.2, 0) is 5.41 Å². The van der Waals surface area contributed by atoms with E-state index in [0.717, 1.165) is 5.56 Å². The Balaban J connectivity index is 2.47. The quantitative estimate of drug-likeness (QED) is 0.856. The highest BCUT2D eigenvalue weighted by molar-refractivity contribution is 6.29. The molecule has 0 spiro atoms. The lowest BCUT2D eigenvalue weighted by atomic mass is 9.86. The van der Waals surface area contributed by atoms with Gasteiger partial charge in [-0.05, 0) is 22.6 Å². The van der Waals surface area contributed by atoms with E-state index in [-0.39, 0.29) is 16.1 Å². The molecule has 2 rings (SSSR count). The van der Waals surface area contributed by atoms with E-state index in [1.165, 1.54) is 5.56 Å². The minimum atomic E-state index is -0.233. The van der Waals surface area contributed by atoms with Gasteiger partial charge in [0.15, 0.2) is 0 Å². The Hall–Kier alpha value is -1.61. The summed E-state index contributed by atoms with van der Waals surface area (Å²) in [6.45, 7) is 6.45. The van der Waals surface area contributed by atoms with E-state index in [1.54, 1.807) is 6.07 Å². The fourth-order valence-corrected chi connectivity index (χ4v) is 1.90. The van der Waals surface area contributed by atoms with Gasteiger partial charge in [-0.25, -0.2) is 5.10 Å². The Morgan fingerprint density at radius 3 is 2.33 bits per heavy atom. The molecule has 0 saturated heterocycles. The Kier molecular flexibility index (Phi) is 3.26. The zero-order valence-electron chi connectivity index (χ0n) is 10.6. The molecule has 0 aliphatic rings. The van der Waals surface area contributed by atoms with Crippen LogP contribution >= 0.6 is 11.6 Å². The number of aromatic nitrogens is 2. The monoisotopic (exact) mass is 262 g/mol. The molecule has 0 unspecified atom stereocenters. The highest BCUT2D eigenvalue weighted by atomic mass is 35.5. The molecular weight excluding hydrogens is 248 g/mol. The summed E-state index contributed by atoms with van der Waals surface area (Å²) in [5.74, 6) is 0. The Bertz CT molecular complexity index is 609. The molecule has 1 aromatic carbocycles. The van der Waals surface area contributed by atoms with Crippen molar-refractivity contribution in [3.05, 3.63) is 51.4 Å². The predicted molar refractivity (Wildman–Crippen MR) is 74.0 cm³/mol. The third-order valence-corrected chi connectivity index (χ3v) is 3.03. The zero-order chi connectivity index (χ0) is 13.3. The van der Waals surface area contributed by atoms with Crippen molar-refractivity contribution in [1.82, 2.24) is 10.2 Å². The minimum absolute atomic E-state index is 0.0981. The molecule has 3 nitrogen and oxygen atoms in total. The first-order valence-corrected chi connectivity index (χ1v) is 6.12. The van der Waals surface area contributed by atoms with Crippen LogP contribution in [0, 0.1) is 0 Å². The van der Waals surface area contributed by atoms with Crippen molar-refractivity contribution in [2.45, 2.75) is 26.2 Å². The van der Waals surface area contributed by atoms with E-state index >= 15 is 0 Å². The molecule has 0 aliphatic heterocycles. The number of hydrogen-bond donors (Lipinski definition) is 1. The van der Waals surface area contributed by atoms with Gasteiger partial charge in [0.25, 0.3) is 5.56 Å². The first-order chi connectivity index (χ1) is 8.38. The van der Waals surface area contributed by atoms with Crippen molar-refractivity contribution >= 4 is 11.6 Å². The van der Waals surface area contributed by atoms with Gasteiger partial charge in [-0.15, -0.1) is 0 Å². The topological polar surface area (TPSA) is 45.8 Å². The third kappa shape index (κ3) is 2.62. The Morgan fingerprint density at radius 1 is 1.17 bits per heavy atom. The highest BCUT2D eigenvalue weighted by Gasteiger charge is 2.13. The van der Waals surface area contributed by atoms with E-state index in [1.807, 2.05) is 24.3 Å². The smallest absolute Gasteiger partial charge is 0.267 e. The van der Waals surface area contributed by atoms with E-state index in [4.69, 9.17) is 11.6 Å². The number of halogens is 1. The van der Waals surface area contributed by atoms with Crippen LogP contribution in [0.3, 0.4) is 0 Å². The zero-order valence-corrected chi connectivity index (χ0v) is 11.4. The van der Waals surface area contributed by atoms with Gasteiger partial charge in [-0.3, -0.25) is 4.79 Å². The summed E-state index contributed by atoms with van der Waals surface area (Å²) < 4.78 is 0. The van der Waals surface area contributed by atoms with E-state index in [0.29, 0.717) is 5.56 Å². The average molecular weight is 263 g/mol. The van der Waals surface area contributed by atoms with Crippen molar-refractivity contribution in [3.63, 3.8) is 0 Å². The fourth-order valence-electron chi connectivity index (χ4n) is 1.75. The summed E-state index contributed by atoms with van der Waals surface area (Å²) in [5, 5.41) is 6.31. The number of H-pyrrole nitrogens is 1. The first-order valence-electron chi connectivity index (χ1n) is 5.74. The molecular formula is C14H15ClN2O. The minimum Gasteiger partial charge on any atom is -0.267 e. The van der Waals surface area contributed by atoms with Crippen LogP contribution in [-0.4, -0.2) is 10.2 Å². The molecule has 18 heavy (non-hydrogen) atoms. The molecule has 94 valence electrons. The molecule has 0 saturated carbocycles. The second-order valence-electron chi connectivity index (χ2n) is 5.26. The maximum Gasteiger partial charge on any atom is 0.272 e. The molecule has 1 N–H and O–H groups in total. The second-order valence-corrected chi connectivity index (χ2v) is 5.65. The summed E-state index contributed by atoms with van der Waals surface area (Å²) in [6.07, 6.45) is 0. The van der Waals surface area contributed by atoms with Gasteiger partial charge < -0.3 is 0 Å². The van der Waals surface area contributed by atoms with Crippen molar-refractivity contribution in [1.29, 1.82) is 0 Å². The van der Waals surface area contributed by atoms with Crippen molar-refractivity contribution in [3.8, 4) is 11.1 Å². The molecule has 4 heteroatoms. The molecule has 1 aromatic heterocycles. The number of rotatable bonds is 1. The summed E-state index contributed by atoms with van der Waals surface area (Å²) in [4.78, 5) is 11.7. The summed E-state index contributed by atoms with van der Waals surface area (Å²) in [5.41, 5.74) is 2.47. The molecule has 0 amide bonds. The van der Waals surface area contributed by atoms with E-state index in [2.05, 4.69) is 31.0 Å². The molecule has 2 aromatic rings. The molecule has 1 heterocycles. The Morgan fingerprint density at radius 2 is 1.78 bits per heavy atom. The van der Waals surface area contributed by atoms with E-state index in [9.17, 15) is 4.79 Å². The number of nitrogens with one attached hydrogen (secondary N) is 1. The van der Waals surface area contributed by atoms with Gasteiger partial charge in [0, 0.05) is 0 Å². The van der Waals surface area contributed by atoms with Crippen molar-refractivity contribution in [2.75, 3.05) is 0 Å². The van der Waals surface area contributed by atoms with Crippen LogP contribution in [0.25, 0.3) is 11.1 Å². The highest BCUT2D eigenvalue weighted by Crippen LogP contribution is 2.25. The van der Waals surface area contributed by atoms with Crippen LogP contribution in [0.15, 0.2) is 35.1 Å². The maximum atomic E-state index is 11.7. The first kappa shape index (κ1) is 12.8. The fraction of sp³-hybridized carbons (Fsp3) is 0.286. The van der Waals surface area contributed by atoms with Gasteiger partial charge in [0.05, 0.1) is 5.56 Å². The molecule has 0 atom stereocenters. The predicted octanol–water partition coefficient (Wildman–Crippen LogP) is 3.39. The lowest BCUT2D eigenvalue weighted by molar-refractivity contribution is 0.590. The lowest BCUT2D eigenvalue weighted by Crippen LogP contribution is -2.12. The summed E-state index contributed by atoms with van der Waals surface area (Å²) in [6, 6.07) is 9.50. The summed E-state index contributed by atoms with van der Waals surface area (Å²) in [7, 11) is 0. The number of aromatic amines is 1. The van der Waals surface area contributed by atoms with Crippen molar-refractivity contribution < 1.29 is 0 Å². The van der Waals surface area contributed by atoms with Gasteiger partial charge in [0.1, 0.15) is 5.15 Å². The normalized spacial score (nSPS) is 11.6. The average Bonchev–Trinajstić information content (AvgIpc) is 2.31. The largest absolute Gasteiger partial charge is 0.272 e. The molecule has 0 fully saturated rings. The molecule has 0 bridgehead atoms. The summed E-state index contributed by atoms with van der Waals surface area (Å²) >= 11 is 5.79. The number of benzene rings is 1. The Labute approximate surface area is 111 Å². The maximum absolute atomic E-state index is 11.7. The van der Waals surface area contributed by atoms with Crippen LogP contribution < -0.4 is 5.56 Å². The van der Waals surface area contributed by atoms with E-state index < -0.39 is 0 Å². The van der Waals surface area contributed by atoms with Crippen LogP contribution in [0.5, 0.6) is 0 Å². The number of nitrogens with zero attached hydrogens (tertiary/aromatic N) is 1. The SMILES string of the molecule is CC(C)(C)c1ccc(-c2cc(Cl)n[nH]c2=O)cc1. The molecule has 0 aliphatic carbocycles. The van der Waals surface area contributed by atoms with Gasteiger partial charge in [-0.1, -0.05) is 56.6 Å². The third-order valence-electron chi connectivity index (χ3n) is 2.83. The van der Waals surface area contributed by atoms with Crippen molar-refractivity contribution in [2.24, 2.45) is 0 Å². The van der Waals surface area contributed by atoms with Crippen LogP contribution in [0.2, 0.25) is 5.15 Å². The van der Waals surface area contributed by atoms with Crippen LogP contribution in [0.1, 0.15) is 26.3 Å². The number of hydrogen-bond acceptors (Lipinski definition) is 2. The molecule has 0 radical (unpaired) electrons. The van der Waals surface area contributed by atoms with Gasteiger partial charge >= 0.3 is 0 Å². The second kappa shape index (κ2) is 4.58. The standard InChI is InChI=1S/C14H15ClN2O/c1-14(2,3)10-6-4-9(5-7-10)11-8-12(15)16-17-13(11)18/h4-8H,1-3H3,(H,17,18).